The van der Waals surface area contributed by atoms with Crippen molar-refractivity contribution >= 4 is 28.8 Å². The third-order valence-corrected chi connectivity index (χ3v) is 3.28. The van der Waals surface area contributed by atoms with E-state index < -0.39 is 0 Å². The van der Waals surface area contributed by atoms with Crippen molar-refractivity contribution in [1.29, 1.82) is 0 Å². The van der Waals surface area contributed by atoms with Crippen molar-refractivity contribution in [2.45, 2.75) is 6.92 Å². The highest BCUT2D eigenvalue weighted by Crippen LogP contribution is 2.27. The number of pyridine rings is 1. The third-order valence-electron chi connectivity index (χ3n) is 3.05. The second-order valence-corrected chi connectivity index (χ2v) is 5.12. The van der Waals surface area contributed by atoms with Gasteiger partial charge in [0.15, 0.2) is 0 Å². The molecule has 6 heteroatoms. The summed E-state index contributed by atoms with van der Waals surface area (Å²) in [6.07, 6.45) is 3.64. The topological polar surface area (TPSA) is 66.6 Å². The van der Waals surface area contributed by atoms with Gasteiger partial charge < -0.3 is 14.8 Å². The van der Waals surface area contributed by atoms with Crippen molar-refractivity contribution in [3.63, 3.8) is 0 Å². The van der Waals surface area contributed by atoms with Crippen molar-refractivity contribution in [3.8, 4) is 5.75 Å². The summed E-state index contributed by atoms with van der Waals surface area (Å²) in [6, 6.07) is 7.84. The fourth-order valence-electron chi connectivity index (χ4n) is 2.05. The highest BCUT2D eigenvalue weighted by atomic mass is 35.5. The number of aromatic nitrogens is 2. The smallest absolute Gasteiger partial charge is 0.255 e. The molecule has 0 radical (unpaired) electrons. The number of phenolic OH excluding ortho intramolecular Hbond substituents is 1. The van der Waals surface area contributed by atoms with E-state index in [9.17, 15) is 9.90 Å². The molecule has 3 aromatic rings. The van der Waals surface area contributed by atoms with Gasteiger partial charge in [0.25, 0.3) is 5.91 Å². The maximum Gasteiger partial charge on any atom is 0.255 e. The molecule has 0 aliphatic heterocycles. The number of carbonyl (C=O) groups is 1. The standard InChI is InChI=1S/C15H12ClN3O2/c1-9-8-19-5-4-10(6-14(19)17-9)15(21)18-12-7-11(16)2-3-13(12)20/h2-8,20H,1H3,(H,18,21). The number of carbonyl (C=O) groups excluding carboxylic acids is 1. The Labute approximate surface area is 125 Å². The van der Waals surface area contributed by atoms with Gasteiger partial charge >= 0.3 is 0 Å². The van der Waals surface area contributed by atoms with Crippen LogP contribution in [0.15, 0.2) is 42.7 Å². The number of anilines is 1. The molecule has 3 rings (SSSR count). The number of hydrogen-bond acceptors (Lipinski definition) is 3. The Hall–Kier alpha value is -2.53. The maximum atomic E-state index is 12.2. The highest BCUT2D eigenvalue weighted by molar-refractivity contribution is 6.31. The first-order valence-corrected chi connectivity index (χ1v) is 6.66. The van der Waals surface area contributed by atoms with Crippen LogP contribution in [0.2, 0.25) is 5.02 Å². The van der Waals surface area contributed by atoms with Crippen LogP contribution in [0.3, 0.4) is 0 Å². The zero-order valence-electron chi connectivity index (χ0n) is 11.2. The number of aromatic hydroxyl groups is 1. The average molecular weight is 302 g/mol. The van der Waals surface area contributed by atoms with E-state index in [4.69, 9.17) is 11.6 Å². The summed E-state index contributed by atoms with van der Waals surface area (Å²) >= 11 is 5.85. The van der Waals surface area contributed by atoms with E-state index in [0.29, 0.717) is 16.2 Å². The number of aryl methyl sites for hydroxylation is 1. The van der Waals surface area contributed by atoms with Crippen LogP contribution in [0, 0.1) is 6.92 Å². The van der Waals surface area contributed by atoms with Crippen LogP contribution in [0.1, 0.15) is 16.1 Å². The monoisotopic (exact) mass is 301 g/mol. The van der Waals surface area contributed by atoms with E-state index in [-0.39, 0.29) is 17.3 Å². The number of rotatable bonds is 2. The number of imidazole rings is 1. The SMILES string of the molecule is Cc1cn2ccc(C(=O)Nc3cc(Cl)ccc3O)cc2n1. The molecule has 2 heterocycles. The van der Waals surface area contributed by atoms with Crippen molar-refractivity contribution in [2.24, 2.45) is 0 Å². The quantitative estimate of drug-likeness (QED) is 0.714. The maximum absolute atomic E-state index is 12.2. The van der Waals surface area contributed by atoms with Crippen LogP contribution in [0.4, 0.5) is 5.69 Å². The number of benzene rings is 1. The number of phenols is 1. The van der Waals surface area contributed by atoms with Crippen LogP contribution in [0.5, 0.6) is 5.75 Å². The van der Waals surface area contributed by atoms with Gasteiger partial charge in [0.2, 0.25) is 0 Å². The first-order chi connectivity index (χ1) is 10.0. The van der Waals surface area contributed by atoms with Gasteiger partial charge in [-0.2, -0.15) is 0 Å². The van der Waals surface area contributed by atoms with Crippen LogP contribution in [0.25, 0.3) is 5.65 Å². The molecular formula is C15H12ClN3O2. The lowest BCUT2D eigenvalue weighted by Crippen LogP contribution is -2.12. The summed E-state index contributed by atoms with van der Waals surface area (Å²) in [7, 11) is 0. The van der Waals surface area contributed by atoms with Gasteiger partial charge in [0, 0.05) is 23.0 Å². The summed E-state index contributed by atoms with van der Waals surface area (Å²) in [4.78, 5) is 16.5. The van der Waals surface area contributed by atoms with Gasteiger partial charge in [-0.1, -0.05) is 11.6 Å². The summed E-state index contributed by atoms with van der Waals surface area (Å²) < 4.78 is 1.84. The number of amides is 1. The first kappa shape index (κ1) is 13.5. The zero-order valence-corrected chi connectivity index (χ0v) is 11.9. The molecule has 0 bridgehead atoms. The zero-order chi connectivity index (χ0) is 15.0. The molecule has 1 amide bonds. The second kappa shape index (κ2) is 5.10. The van der Waals surface area contributed by atoms with Gasteiger partial charge in [0.1, 0.15) is 11.4 Å². The summed E-state index contributed by atoms with van der Waals surface area (Å²) in [5, 5.41) is 12.8. The fourth-order valence-corrected chi connectivity index (χ4v) is 2.22. The molecule has 2 N–H and O–H groups in total. The first-order valence-electron chi connectivity index (χ1n) is 6.28. The molecule has 0 aliphatic rings. The number of fused-ring (bicyclic) bond motifs is 1. The Morgan fingerprint density at radius 1 is 1.33 bits per heavy atom. The Balaban J connectivity index is 1.91. The van der Waals surface area contributed by atoms with Gasteiger partial charge in [-0.25, -0.2) is 4.98 Å². The summed E-state index contributed by atoms with van der Waals surface area (Å²) in [5.41, 5.74) is 2.29. The van der Waals surface area contributed by atoms with Crippen molar-refractivity contribution in [3.05, 3.63) is 59.0 Å². The van der Waals surface area contributed by atoms with Crippen LogP contribution in [-0.4, -0.2) is 20.4 Å². The van der Waals surface area contributed by atoms with E-state index in [0.717, 1.165) is 5.69 Å². The molecule has 106 valence electrons. The van der Waals surface area contributed by atoms with Crippen molar-refractivity contribution < 1.29 is 9.90 Å². The van der Waals surface area contributed by atoms with Gasteiger partial charge in [-0.05, 0) is 37.3 Å². The number of nitrogens with one attached hydrogen (secondary N) is 1. The second-order valence-electron chi connectivity index (χ2n) is 4.68. The molecule has 0 saturated carbocycles. The lowest BCUT2D eigenvalue weighted by atomic mass is 10.2. The van der Waals surface area contributed by atoms with Gasteiger partial charge in [0.05, 0.1) is 11.4 Å². The molecule has 5 nitrogen and oxygen atoms in total. The lowest BCUT2D eigenvalue weighted by Gasteiger charge is -2.08. The minimum atomic E-state index is -0.337. The molecule has 1 aromatic carbocycles. The molecule has 0 fully saturated rings. The molecule has 0 aliphatic carbocycles. The Kier molecular flexibility index (Phi) is 3.27. The van der Waals surface area contributed by atoms with Crippen molar-refractivity contribution in [1.82, 2.24) is 9.38 Å². The normalized spacial score (nSPS) is 10.8. The predicted molar refractivity (Wildman–Crippen MR) is 81.0 cm³/mol. The molecule has 21 heavy (non-hydrogen) atoms. The van der Waals surface area contributed by atoms with Gasteiger partial charge in [-0.3, -0.25) is 4.79 Å². The van der Waals surface area contributed by atoms with Crippen LogP contribution in [-0.2, 0) is 0 Å². The fraction of sp³-hybridized carbons (Fsp3) is 0.0667. The van der Waals surface area contributed by atoms with E-state index in [1.165, 1.54) is 12.1 Å². The predicted octanol–water partition coefficient (Wildman–Crippen LogP) is 3.25. The molecule has 0 spiro atoms. The van der Waals surface area contributed by atoms with Gasteiger partial charge in [-0.15, -0.1) is 0 Å². The molecular weight excluding hydrogens is 290 g/mol. The Bertz CT molecular complexity index is 842. The Morgan fingerprint density at radius 2 is 2.14 bits per heavy atom. The summed E-state index contributed by atoms with van der Waals surface area (Å²) in [6.45, 7) is 1.89. The van der Waals surface area contributed by atoms with Crippen LogP contribution < -0.4 is 5.32 Å². The molecule has 0 atom stereocenters. The minimum Gasteiger partial charge on any atom is -0.506 e. The summed E-state index contributed by atoms with van der Waals surface area (Å²) in [5.74, 6) is -0.374. The average Bonchev–Trinajstić information content (AvgIpc) is 2.81. The number of nitrogens with zero attached hydrogens (tertiary/aromatic N) is 2. The number of halogens is 1. The van der Waals surface area contributed by atoms with E-state index in [2.05, 4.69) is 10.3 Å². The third kappa shape index (κ3) is 2.68. The molecule has 0 saturated heterocycles. The van der Waals surface area contributed by atoms with E-state index in [1.54, 1.807) is 24.4 Å². The minimum absolute atomic E-state index is 0.0366. The molecule has 0 unspecified atom stereocenters. The lowest BCUT2D eigenvalue weighted by molar-refractivity contribution is 0.102. The van der Waals surface area contributed by atoms with Crippen LogP contribution >= 0.6 is 11.6 Å². The Morgan fingerprint density at radius 3 is 2.95 bits per heavy atom. The van der Waals surface area contributed by atoms with E-state index in [1.807, 2.05) is 17.5 Å². The van der Waals surface area contributed by atoms with Crippen molar-refractivity contribution in [2.75, 3.05) is 5.32 Å². The molecule has 2 aromatic heterocycles. The highest BCUT2D eigenvalue weighted by Gasteiger charge is 2.11. The largest absolute Gasteiger partial charge is 0.506 e. The van der Waals surface area contributed by atoms with E-state index >= 15 is 0 Å². The number of hydrogen-bond donors (Lipinski definition) is 2.